The van der Waals surface area contributed by atoms with Gasteiger partial charge in [-0.2, -0.15) is 0 Å². The summed E-state index contributed by atoms with van der Waals surface area (Å²) in [5, 5.41) is 9.89. The fourth-order valence-electron chi connectivity index (χ4n) is 4.40. The van der Waals surface area contributed by atoms with Crippen LogP contribution in [-0.2, 0) is 0 Å². The van der Waals surface area contributed by atoms with Crippen LogP contribution in [0.3, 0.4) is 0 Å². The number of pyridine rings is 1. The van der Waals surface area contributed by atoms with E-state index in [1.165, 1.54) is 6.33 Å². The molecule has 39 heavy (non-hydrogen) atoms. The zero-order valence-electron chi connectivity index (χ0n) is 22.9. The lowest BCUT2D eigenvalue weighted by Gasteiger charge is -2.16. The monoisotopic (exact) mass is 525 g/mol. The molecular formula is C30H35N7O2. The van der Waals surface area contributed by atoms with Gasteiger partial charge in [-0.15, -0.1) is 0 Å². The van der Waals surface area contributed by atoms with Gasteiger partial charge in [-0.05, 0) is 50.8 Å². The Morgan fingerprint density at radius 2 is 1.77 bits per heavy atom. The molecule has 9 nitrogen and oxygen atoms in total. The molecule has 0 spiro atoms. The van der Waals surface area contributed by atoms with Gasteiger partial charge in [0.05, 0.1) is 16.8 Å². The number of hydrogen-bond acceptors (Lipinski definition) is 7. The van der Waals surface area contributed by atoms with Gasteiger partial charge in [0.15, 0.2) is 0 Å². The topological polar surface area (TPSA) is 112 Å². The van der Waals surface area contributed by atoms with Crippen LogP contribution < -0.4 is 16.0 Å². The van der Waals surface area contributed by atoms with Crippen molar-refractivity contribution in [3.8, 4) is 11.3 Å². The van der Waals surface area contributed by atoms with E-state index in [9.17, 15) is 9.59 Å². The highest BCUT2D eigenvalue weighted by molar-refractivity contribution is 6.06. The van der Waals surface area contributed by atoms with Gasteiger partial charge >= 0.3 is 0 Å². The molecule has 202 valence electrons. The minimum atomic E-state index is -0.132. The molecule has 0 saturated carbocycles. The molecule has 2 aromatic heterocycles. The smallest absolute Gasteiger partial charge is 0.251 e. The van der Waals surface area contributed by atoms with Crippen molar-refractivity contribution < 1.29 is 9.59 Å². The van der Waals surface area contributed by atoms with Gasteiger partial charge in [0.1, 0.15) is 12.1 Å². The summed E-state index contributed by atoms with van der Waals surface area (Å²) in [5.41, 5.74) is 4.76. The fourth-order valence-corrected chi connectivity index (χ4v) is 4.40. The third-order valence-electron chi connectivity index (χ3n) is 6.57. The van der Waals surface area contributed by atoms with Crippen LogP contribution >= 0.6 is 0 Å². The number of carbonyl (C=O) groups excluding carboxylic acids is 2. The normalized spacial score (nSPS) is 11.8. The molecule has 3 N–H and O–H groups in total. The van der Waals surface area contributed by atoms with Gasteiger partial charge in [-0.1, -0.05) is 37.3 Å². The third kappa shape index (κ3) is 6.94. The molecule has 2 aromatic carbocycles. The van der Waals surface area contributed by atoms with Crippen LogP contribution in [0.2, 0.25) is 0 Å². The molecule has 0 radical (unpaired) electrons. The maximum Gasteiger partial charge on any atom is 0.251 e. The fraction of sp³-hybridized carbons (Fsp3) is 0.300. The second kappa shape index (κ2) is 12.9. The lowest BCUT2D eigenvalue weighted by Crippen LogP contribution is -2.27. The van der Waals surface area contributed by atoms with Gasteiger partial charge < -0.3 is 20.9 Å². The molecule has 0 aliphatic carbocycles. The molecule has 1 unspecified atom stereocenters. The van der Waals surface area contributed by atoms with E-state index < -0.39 is 0 Å². The van der Waals surface area contributed by atoms with Gasteiger partial charge in [0.25, 0.3) is 11.8 Å². The van der Waals surface area contributed by atoms with Crippen LogP contribution in [0.25, 0.3) is 22.2 Å². The maximum atomic E-state index is 12.4. The molecule has 0 aliphatic rings. The average molecular weight is 526 g/mol. The molecular weight excluding hydrogens is 490 g/mol. The predicted octanol–water partition coefficient (Wildman–Crippen LogP) is 3.95. The minimum Gasteiger partial charge on any atom is -0.369 e. The van der Waals surface area contributed by atoms with E-state index in [4.69, 9.17) is 0 Å². The summed E-state index contributed by atoms with van der Waals surface area (Å²) in [6.45, 7) is 4.30. The van der Waals surface area contributed by atoms with Crippen LogP contribution in [0, 0.1) is 0 Å². The van der Waals surface area contributed by atoms with Crippen LogP contribution in [0.1, 0.15) is 45.5 Å². The Hall–Kier alpha value is -4.37. The number of benzene rings is 2. The Morgan fingerprint density at radius 1 is 0.974 bits per heavy atom. The van der Waals surface area contributed by atoms with Gasteiger partial charge in [-0.25, -0.2) is 9.97 Å². The van der Waals surface area contributed by atoms with E-state index in [-0.39, 0.29) is 17.7 Å². The van der Waals surface area contributed by atoms with Crippen molar-refractivity contribution in [3.05, 3.63) is 83.8 Å². The molecule has 0 bridgehead atoms. The van der Waals surface area contributed by atoms with Crippen molar-refractivity contribution in [2.75, 3.05) is 46.1 Å². The average Bonchev–Trinajstić information content (AvgIpc) is 2.97. The van der Waals surface area contributed by atoms with Crippen LogP contribution in [0.15, 0.2) is 67.1 Å². The van der Waals surface area contributed by atoms with Crippen molar-refractivity contribution in [2.24, 2.45) is 0 Å². The van der Waals surface area contributed by atoms with Crippen LogP contribution in [-0.4, -0.2) is 72.4 Å². The molecule has 0 saturated heterocycles. The number of anilines is 1. The maximum absolute atomic E-state index is 12.4. The summed E-state index contributed by atoms with van der Waals surface area (Å²) in [6.07, 6.45) is 4.11. The number of fused-ring (bicyclic) bond motifs is 1. The summed E-state index contributed by atoms with van der Waals surface area (Å²) in [5.74, 6) is 0.598. The molecule has 4 aromatic rings. The highest BCUT2D eigenvalue weighted by Crippen LogP contribution is 2.27. The number of amides is 2. The first-order chi connectivity index (χ1) is 18.9. The first kappa shape index (κ1) is 27.7. The summed E-state index contributed by atoms with van der Waals surface area (Å²) in [7, 11) is 5.66. The van der Waals surface area contributed by atoms with Gasteiger partial charge in [-0.3, -0.25) is 14.6 Å². The number of para-hydroxylation sites is 1. The molecule has 4 rings (SSSR count). The second-order valence-electron chi connectivity index (χ2n) is 9.74. The molecule has 2 amide bonds. The SMILES string of the molecule is CNC(=O)c1ccnc2c(C(C)CNc3cc(-c4ccc(C(=O)NCCCN(C)C)cc4)ncn3)cccc12. The summed E-state index contributed by atoms with van der Waals surface area (Å²) >= 11 is 0. The zero-order chi connectivity index (χ0) is 27.8. The van der Waals surface area contributed by atoms with E-state index in [2.05, 4.69) is 42.7 Å². The van der Waals surface area contributed by atoms with E-state index in [1.54, 1.807) is 19.3 Å². The highest BCUT2D eigenvalue weighted by Gasteiger charge is 2.15. The molecule has 9 heteroatoms. The first-order valence-electron chi connectivity index (χ1n) is 13.1. The molecule has 0 fully saturated rings. The third-order valence-corrected chi connectivity index (χ3v) is 6.57. The van der Waals surface area contributed by atoms with E-state index >= 15 is 0 Å². The quantitative estimate of drug-likeness (QED) is 0.254. The number of hydrogen-bond donors (Lipinski definition) is 3. The Kier molecular flexibility index (Phi) is 9.17. The second-order valence-corrected chi connectivity index (χ2v) is 9.74. The number of rotatable bonds is 11. The summed E-state index contributed by atoms with van der Waals surface area (Å²) in [6, 6.07) is 17.0. The largest absolute Gasteiger partial charge is 0.369 e. The number of nitrogens with zero attached hydrogens (tertiary/aromatic N) is 4. The van der Waals surface area contributed by atoms with Crippen LogP contribution in [0.4, 0.5) is 5.82 Å². The van der Waals surface area contributed by atoms with Crippen molar-refractivity contribution in [3.63, 3.8) is 0 Å². The van der Waals surface area contributed by atoms with Crippen LogP contribution in [0.5, 0.6) is 0 Å². The molecule has 0 aliphatic heterocycles. The highest BCUT2D eigenvalue weighted by atomic mass is 16.2. The lowest BCUT2D eigenvalue weighted by molar-refractivity contribution is 0.0948. The number of carbonyl (C=O) groups is 2. The van der Waals surface area contributed by atoms with E-state index in [0.717, 1.165) is 40.7 Å². The minimum absolute atomic E-state index is 0.0790. The predicted molar refractivity (Wildman–Crippen MR) is 155 cm³/mol. The van der Waals surface area contributed by atoms with Gasteiger partial charge in [0, 0.05) is 54.8 Å². The standard InChI is InChI=1S/C30H35N7O2/c1-20(23-7-5-8-24-25(30(39)31-2)13-15-32-28(23)24)18-34-27-17-26(35-19-36-27)21-9-11-22(12-10-21)29(38)33-14-6-16-37(3)4/h5,7-13,15,17,19-20H,6,14,16,18H2,1-4H3,(H,31,39)(H,33,38)(H,34,35,36). The molecule has 1 atom stereocenters. The summed E-state index contributed by atoms with van der Waals surface area (Å²) in [4.78, 5) is 40.2. The lowest BCUT2D eigenvalue weighted by atomic mass is 9.96. The van der Waals surface area contributed by atoms with Crippen molar-refractivity contribution in [1.82, 2.24) is 30.5 Å². The number of aromatic nitrogens is 3. The van der Waals surface area contributed by atoms with Crippen molar-refractivity contribution in [1.29, 1.82) is 0 Å². The van der Waals surface area contributed by atoms with Crippen molar-refractivity contribution in [2.45, 2.75) is 19.3 Å². The van der Waals surface area contributed by atoms with Gasteiger partial charge in [0.2, 0.25) is 0 Å². The van der Waals surface area contributed by atoms with Crippen molar-refractivity contribution >= 4 is 28.5 Å². The zero-order valence-corrected chi connectivity index (χ0v) is 22.9. The van der Waals surface area contributed by atoms with E-state index in [0.29, 0.717) is 30.0 Å². The van der Waals surface area contributed by atoms with E-state index in [1.807, 2.05) is 62.6 Å². The Morgan fingerprint density at radius 3 is 2.51 bits per heavy atom. The number of nitrogens with one attached hydrogen (secondary N) is 3. The first-order valence-corrected chi connectivity index (χ1v) is 13.1. The summed E-state index contributed by atoms with van der Waals surface area (Å²) < 4.78 is 0. The Bertz CT molecular complexity index is 1440. The Balaban J connectivity index is 1.41. The molecule has 2 heterocycles. The Labute approximate surface area is 229 Å².